The Morgan fingerprint density at radius 2 is 2.13 bits per heavy atom. The number of carbonyl (C=O) groups is 1. The number of hydrogen-bond acceptors (Lipinski definition) is 6. The zero-order valence-corrected chi connectivity index (χ0v) is 9.11. The van der Waals surface area contributed by atoms with Crippen LogP contribution in [-0.4, -0.2) is 26.0 Å². The number of nitrogen functional groups attached to an aromatic ring is 1. The highest BCUT2D eigenvalue weighted by atomic mass is 32.2. The van der Waals surface area contributed by atoms with Crippen molar-refractivity contribution < 1.29 is 4.79 Å². The second-order valence-electron chi connectivity index (χ2n) is 2.91. The lowest BCUT2D eigenvalue weighted by molar-refractivity contribution is -0.117. The Morgan fingerprint density at radius 1 is 1.53 bits per heavy atom. The van der Waals surface area contributed by atoms with E-state index in [1.54, 1.807) is 6.92 Å². The van der Waals surface area contributed by atoms with E-state index >= 15 is 0 Å². The summed E-state index contributed by atoms with van der Waals surface area (Å²) in [4.78, 5) is 22.1. The summed E-state index contributed by atoms with van der Waals surface area (Å²) in [5.41, 5.74) is 4.83. The molecule has 4 N–H and O–H groups in total. The maximum atomic E-state index is 11.3. The van der Waals surface area contributed by atoms with Crippen molar-refractivity contribution in [2.75, 3.05) is 5.84 Å². The number of primary amides is 1. The normalized spacial score (nSPS) is 12.4. The van der Waals surface area contributed by atoms with Gasteiger partial charge in [0.25, 0.3) is 5.56 Å². The number of amides is 1. The van der Waals surface area contributed by atoms with Gasteiger partial charge >= 0.3 is 0 Å². The summed E-state index contributed by atoms with van der Waals surface area (Å²) >= 11 is 0.991. The van der Waals surface area contributed by atoms with Crippen LogP contribution in [0, 0.1) is 6.92 Å². The highest BCUT2D eigenvalue weighted by Crippen LogP contribution is 2.17. The van der Waals surface area contributed by atoms with E-state index in [9.17, 15) is 9.59 Å². The average molecular weight is 229 g/mol. The van der Waals surface area contributed by atoms with Gasteiger partial charge in [-0.25, -0.2) is 0 Å². The van der Waals surface area contributed by atoms with Crippen molar-refractivity contribution in [1.29, 1.82) is 0 Å². The molecule has 0 bridgehead atoms. The molecule has 0 aliphatic rings. The third kappa shape index (κ3) is 2.46. The number of carbonyl (C=O) groups excluding carboxylic acids is 1. The highest BCUT2D eigenvalue weighted by Gasteiger charge is 2.15. The lowest BCUT2D eigenvalue weighted by Crippen LogP contribution is -2.33. The summed E-state index contributed by atoms with van der Waals surface area (Å²) in [7, 11) is 0. The SMILES string of the molecule is Cc1nnc(S[C@H](C)C(N)=O)n(N)c1=O. The van der Waals surface area contributed by atoms with Gasteiger partial charge in [0.1, 0.15) is 5.69 Å². The van der Waals surface area contributed by atoms with E-state index in [1.807, 2.05) is 0 Å². The molecule has 0 saturated heterocycles. The van der Waals surface area contributed by atoms with Gasteiger partial charge in [0, 0.05) is 0 Å². The van der Waals surface area contributed by atoms with Crippen molar-refractivity contribution >= 4 is 17.7 Å². The van der Waals surface area contributed by atoms with Gasteiger partial charge in [0.05, 0.1) is 5.25 Å². The molecule has 0 aromatic carbocycles. The molecule has 0 aliphatic heterocycles. The van der Waals surface area contributed by atoms with Crippen LogP contribution in [0.15, 0.2) is 9.95 Å². The van der Waals surface area contributed by atoms with Crippen LogP contribution in [0.25, 0.3) is 0 Å². The fourth-order valence-corrected chi connectivity index (χ4v) is 1.48. The molecule has 0 aliphatic carbocycles. The highest BCUT2D eigenvalue weighted by molar-refractivity contribution is 8.00. The summed E-state index contributed by atoms with van der Waals surface area (Å²) in [5, 5.41) is 6.97. The van der Waals surface area contributed by atoms with Gasteiger partial charge in [-0.15, -0.1) is 10.2 Å². The third-order valence-electron chi connectivity index (χ3n) is 1.70. The molecule has 1 amide bonds. The minimum atomic E-state index is -0.517. The van der Waals surface area contributed by atoms with Gasteiger partial charge < -0.3 is 11.6 Å². The molecule has 1 aromatic heterocycles. The quantitative estimate of drug-likeness (QED) is 0.487. The van der Waals surface area contributed by atoms with Gasteiger partial charge in [-0.3, -0.25) is 9.59 Å². The molecule has 0 fully saturated rings. The lowest BCUT2D eigenvalue weighted by Gasteiger charge is -2.08. The number of hydrogen-bond donors (Lipinski definition) is 2. The van der Waals surface area contributed by atoms with Crippen molar-refractivity contribution in [2.24, 2.45) is 5.73 Å². The first-order valence-electron chi connectivity index (χ1n) is 4.11. The van der Waals surface area contributed by atoms with Crippen LogP contribution in [-0.2, 0) is 4.79 Å². The molecular weight excluding hydrogens is 218 g/mol. The van der Waals surface area contributed by atoms with Gasteiger partial charge in [0.2, 0.25) is 11.1 Å². The van der Waals surface area contributed by atoms with Crippen molar-refractivity contribution in [3.8, 4) is 0 Å². The number of rotatable bonds is 3. The van der Waals surface area contributed by atoms with Crippen LogP contribution in [0.1, 0.15) is 12.6 Å². The Kier molecular flexibility index (Phi) is 3.30. The molecule has 7 nitrogen and oxygen atoms in total. The topological polar surface area (TPSA) is 117 Å². The van der Waals surface area contributed by atoms with Gasteiger partial charge in [-0.1, -0.05) is 11.8 Å². The minimum absolute atomic E-state index is 0.164. The summed E-state index contributed by atoms with van der Waals surface area (Å²) in [6.45, 7) is 3.10. The molecule has 0 saturated carbocycles. The molecule has 1 aromatic rings. The van der Waals surface area contributed by atoms with Crippen molar-refractivity contribution in [2.45, 2.75) is 24.3 Å². The second kappa shape index (κ2) is 4.30. The zero-order chi connectivity index (χ0) is 11.6. The molecule has 82 valence electrons. The molecule has 1 heterocycles. The number of aromatic nitrogens is 3. The monoisotopic (exact) mass is 229 g/mol. The van der Waals surface area contributed by atoms with E-state index in [-0.39, 0.29) is 10.9 Å². The summed E-state index contributed by atoms with van der Waals surface area (Å²) in [5.74, 6) is 4.96. The number of thioether (sulfide) groups is 1. The second-order valence-corrected chi connectivity index (χ2v) is 4.21. The molecule has 0 unspecified atom stereocenters. The van der Waals surface area contributed by atoms with E-state index in [0.29, 0.717) is 0 Å². The van der Waals surface area contributed by atoms with Gasteiger partial charge in [-0.05, 0) is 13.8 Å². The van der Waals surface area contributed by atoms with Crippen LogP contribution >= 0.6 is 11.8 Å². The maximum absolute atomic E-state index is 11.3. The smallest absolute Gasteiger partial charge is 0.294 e. The van der Waals surface area contributed by atoms with Crippen LogP contribution in [0.3, 0.4) is 0 Å². The van der Waals surface area contributed by atoms with E-state index in [0.717, 1.165) is 16.4 Å². The predicted octanol–water partition coefficient (Wildman–Crippen LogP) is -1.37. The summed E-state index contributed by atoms with van der Waals surface area (Å²) in [6, 6.07) is 0. The van der Waals surface area contributed by atoms with E-state index < -0.39 is 16.7 Å². The van der Waals surface area contributed by atoms with Crippen LogP contribution < -0.4 is 17.1 Å². The summed E-state index contributed by atoms with van der Waals surface area (Å²) < 4.78 is 0.854. The molecular formula is C7H11N5O2S. The Hall–Kier alpha value is -1.57. The molecule has 15 heavy (non-hydrogen) atoms. The van der Waals surface area contributed by atoms with E-state index in [4.69, 9.17) is 11.6 Å². The first kappa shape index (κ1) is 11.5. The Labute approximate surface area is 89.8 Å². The van der Waals surface area contributed by atoms with Crippen molar-refractivity contribution in [1.82, 2.24) is 14.9 Å². The molecule has 1 atom stereocenters. The molecule has 1 rings (SSSR count). The van der Waals surface area contributed by atoms with Crippen LogP contribution in [0.2, 0.25) is 0 Å². The first-order chi connectivity index (χ1) is 6.93. The lowest BCUT2D eigenvalue weighted by atomic mass is 10.5. The molecule has 8 heteroatoms. The van der Waals surface area contributed by atoms with E-state index in [1.165, 1.54) is 6.92 Å². The van der Waals surface area contributed by atoms with Gasteiger partial charge in [0.15, 0.2) is 0 Å². The molecule has 0 spiro atoms. The van der Waals surface area contributed by atoms with Crippen LogP contribution in [0.4, 0.5) is 0 Å². The number of aryl methyl sites for hydroxylation is 1. The Balaban J connectivity index is 3.02. The zero-order valence-electron chi connectivity index (χ0n) is 8.30. The fourth-order valence-electron chi connectivity index (χ4n) is 0.766. The van der Waals surface area contributed by atoms with E-state index in [2.05, 4.69) is 10.2 Å². The first-order valence-corrected chi connectivity index (χ1v) is 4.99. The summed E-state index contributed by atoms with van der Waals surface area (Å²) in [6.07, 6.45) is 0. The predicted molar refractivity (Wildman–Crippen MR) is 55.7 cm³/mol. The maximum Gasteiger partial charge on any atom is 0.294 e. The third-order valence-corrected chi connectivity index (χ3v) is 2.78. The minimum Gasteiger partial charge on any atom is -0.369 e. The van der Waals surface area contributed by atoms with Crippen LogP contribution in [0.5, 0.6) is 0 Å². The number of nitrogens with zero attached hydrogens (tertiary/aromatic N) is 3. The average Bonchev–Trinajstić information content (AvgIpc) is 2.18. The Morgan fingerprint density at radius 3 is 2.67 bits per heavy atom. The standard InChI is InChI=1S/C7H11N5O2S/c1-3-6(14)12(9)7(11-10-3)15-4(2)5(8)13/h4H,9H2,1-2H3,(H2,8,13)/t4-/m1/s1. The number of nitrogens with two attached hydrogens (primary N) is 2. The molecule has 0 radical (unpaired) electrons. The van der Waals surface area contributed by atoms with Crippen molar-refractivity contribution in [3.05, 3.63) is 16.0 Å². The van der Waals surface area contributed by atoms with Gasteiger partial charge in [-0.2, -0.15) is 4.68 Å². The largest absolute Gasteiger partial charge is 0.369 e. The Bertz CT molecular complexity index is 443. The fraction of sp³-hybridized carbons (Fsp3) is 0.429. The van der Waals surface area contributed by atoms with Crippen molar-refractivity contribution in [3.63, 3.8) is 0 Å².